The number of amides is 1. The zero-order valence-corrected chi connectivity index (χ0v) is 9.36. The maximum atomic E-state index is 11.1. The summed E-state index contributed by atoms with van der Waals surface area (Å²) in [5, 5.41) is 2.73. The normalized spacial score (nSPS) is 9.79. The minimum Gasteiger partial charge on any atom is -0.393 e. The first-order valence-corrected chi connectivity index (χ1v) is 5.20. The van der Waals surface area contributed by atoms with Crippen LogP contribution in [0.25, 0.3) is 0 Å². The average molecular weight is 218 g/mol. The van der Waals surface area contributed by atoms with E-state index in [4.69, 9.17) is 10.5 Å². The van der Waals surface area contributed by atoms with Crippen LogP contribution in [0, 0.1) is 0 Å². The largest absolute Gasteiger partial charge is 0.393 e. The molecular weight excluding hydrogens is 200 g/mol. The standard InChI is InChI=1S/C9H18N2O2S/c1-2-13-7-3-4-9(12)11-6-5-8(10)14/h2-7H2,1H3,(H2,10,14)(H,11,12). The minimum absolute atomic E-state index is 0.0287. The maximum absolute atomic E-state index is 11.1. The van der Waals surface area contributed by atoms with Crippen LogP contribution in [0.2, 0.25) is 0 Å². The molecule has 3 N–H and O–H groups in total. The predicted molar refractivity (Wildman–Crippen MR) is 60.1 cm³/mol. The third-order valence-corrected chi connectivity index (χ3v) is 1.79. The molecule has 0 saturated heterocycles. The van der Waals surface area contributed by atoms with Crippen molar-refractivity contribution in [3.8, 4) is 0 Å². The molecule has 0 radical (unpaired) electrons. The Balaban J connectivity index is 3.24. The number of thiocarbonyl (C=S) groups is 1. The summed E-state index contributed by atoms with van der Waals surface area (Å²) in [5.74, 6) is 0.0287. The van der Waals surface area contributed by atoms with Gasteiger partial charge < -0.3 is 15.8 Å². The zero-order chi connectivity index (χ0) is 10.8. The van der Waals surface area contributed by atoms with Crippen molar-refractivity contribution in [1.29, 1.82) is 0 Å². The molecule has 0 unspecified atom stereocenters. The smallest absolute Gasteiger partial charge is 0.220 e. The lowest BCUT2D eigenvalue weighted by Gasteiger charge is -2.04. The number of hydrogen-bond acceptors (Lipinski definition) is 3. The first-order valence-electron chi connectivity index (χ1n) is 4.79. The Morgan fingerprint density at radius 3 is 2.79 bits per heavy atom. The first kappa shape index (κ1) is 13.3. The SMILES string of the molecule is CCOCCCC(=O)NCCC(N)=S. The lowest BCUT2D eigenvalue weighted by atomic mass is 10.3. The van der Waals surface area contributed by atoms with Crippen LogP contribution in [0.5, 0.6) is 0 Å². The molecule has 0 aromatic carbocycles. The topological polar surface area (TPSA) is 64.3 Å². The van der Waals surface area contributed by atoms with E-state index in [2.05, 4.69) is 17.5 Å². The van der Waals surface area contributed by atoms with Gasteiger partial charge in [0, 0.05) is 32.6 Å². The van der Waals surface area contributed by atoms with Crippen LogP contribution >= 0.6 is 12.2 Å². The molecule has 0 aromatic rings. The molecule has 0 saturated carbocycles. The Hall–Kier alpha value is -0.680. The van der Waals surface area contributed by atoms with E-state index in [1.807, 2.05) is 6.92 Å². The number of hydrogen-bond donors (Lipinski definition) is 2. The first-order chi connectivity index (χ1) is 6.66. The number of carbonyl (C=O) groups is 1. The van der Waals surface area contributed by atoms with Gasteiger partial charge in [0.1, 0.15) is 0 Å². The summed E-state index contributed by atoms with van der Waals surface area (Å²) in [6.07, 6.45) is 1.82. The molecule has 0 bridgehead atoms. The highest BCUT2D eigenvalue weighted by molar-refractivity contribution is 7.80. The lowest BCUT2D eigenvalue weighted by Crippen LogP contribution is -2.27. The molecule has 1 amide bonds. The van der Waals surface area contributed by atoms with E-state index in [9.17, 15) is 4.79 Å². The van der Waals surface area contributed by atoms with Gasteiger partial charge in [-0.3, -0.25) is 4.79 Å². The van der Waals surface area contributed by atoms with Gasteiger partial charge in [0.05, 0.1) is 4.99 Å². The number of nitrogens with two attached hydrogens (primary N) is 1. The summed E-state index contributed by atoms with van der Waals surface area (Å²) in [6.45, 7) is 3.80. The van der Waals surface area contributed by atoms with Gasteiger partial charge in [0.2, 0.25) is 5.91 Å². The van der Waals surface area contributed by atoms with Crippen molar-refractivity contribution >= 4 is 23.1 Å². The quantitative estimate of drug-likeness (QED) is 0.462. The number of rotatable bonds is 8. The van der Waals surface area contributed by atoms with Crippen LogP contribution in [0.1, 0.15) is 26.2 Å². The van der Waals surface area contributed by atoms with Gasteiger partial charge in [-0.2, -0.15) is 0 Å². The molecule has 0 aliphatic heterocycles. The van der Waals surface area contributed by atoms with E-state index in [1.165, 1.54) is 0 Å². The number of carbonyl (C=O) groups excluding carboxylic acids is 1. The van der Waals surface area contributed by atoms with Crippen LogP contribution < -0.4 is 11.1 Å². The van der Waals surface area contributed by atoms with Gasteiger partial charge in [-0.1, -0.05) is 12.2 Å². The van der Waals surface area contributed by atoms with Crippen LogP contribution in [0.3, 0.4) is 0 Å². The van der Waals surface area contributed by atoms with E-state index in [1.54, 1.807) is 0 Å². The second kappa shape index (κ2) is 8.90. The van der Waals surface area contributed by atoms with Crippen LogP contribution in [0.4, 0.5) is 0 Å². The summed E-state index contributed by atoms with van der Waals surface area (Å²) in [4.78, 5) is 11.6. The molecule has 0 atom stereocenters. The summed E-state index contributed by atoms with van der Waals surface area (Å²) >= 11 is 4.68. The zero-order valence-electron chi connectivity index (χ0n) is 8.54. The second-order valence-electron chi connectivity index (χ2n) is 2.87. The number of ether oxygens (including phenoxy) is 1. The number of nitrogens with one attached hydrogen (secondary N) is 1. The molecule has 4 nitrogen and oxygen atoms in total. The highest BCUT2D eigenvalue weighted by atomic mass is 32.1. The average Bonchev–Trinajstić information content (AvgIpc) is 2.12. The molecule has 0 fully saturated rings. The molecule has 0 aliphatic rings. The van der Waals surface area contributed by atoms with Crippen molar-refractivity contribution in [2.75, 3.05) is 19.8 Å². The fourth-order valence-corrected chi connectivity index (χ4v) is 0.995. The maximum Gasteiger partial charge on any atom is 0.220 e. The fourth-order valence-electron chi connectivity index (χ4n) is 0.893. The molecule has 0 aromatic heterocycles. The molecule has 0 spiro atoms. The molecule has 82 valence electrons. The second-order valence-corrected chi connectivity index (χ2v) is 3.39. The highest BCUT2D eigenvalue weighted by Gasteiger charge is 2.00. The van der Waals surface area contributed by atoms with Gasteiger partial charge in [-0.15, -0.1) is 0 Å². The van der Waals surface area contributed by atoms with Gasteiger partial charge in [0.25, 0.3) is 0 Å². The summed E-state index contributed by atoms with van der Waals surface area (Å²) < 4.78 is 5.11. The van der Waals surface area contributed by atoms with E-state index in [0.29, 0.717) is 37.6 Å². The van der Waals surface area contributed by atoms with Crippen molar-refractivity contribution in [3.05, 3.63) is 0 Å². The third-order valence-electron chi connectivity index (χ3n) is 1.59. The van der Waals surface area contributed by atoms with Gasteiger partial charge >= 0.3 is 0 Å². The summed E-state index contributed by atoms with van der Waals surface area (Å²) in [7, 11) is 0. The summed E-state index contributed by atoms with van der Waals surface area (Å²) in [6, 6.07) is 0. The predicted octanol–water partition coefficient (Wildman–Crippen LogP) is 0.596. The fraction of sp³-hybridized carbons (Fsp3) is 0.778. The Labute approximate surface area is 90.2 Å². The highest BCUT2D eigenvalue weighted by Crippen LogP contribution is 1.90. The monoisotopic (exact) mass is 218 g/mol. The van der Waals surface area contributed by atoms with Gasteiger partial charge in [-0.05, 0) is 13.3 Å². The van der Waals surface area contributed by atoms with E-state index < -0.39 is 0 Å². The Kier molecular flexibility index (Phi) is 8.47. The minimum atomic E-state index is 0.0287. The van der Waals surface area contributed by atoms with Gasteiger partial charge in [0.15, 0.2) is 0 Å². The van der Waals surface area contributed by atoms with E-state index in [0.717, 1.165) is 6.42 Å². The molecule has 0 heterocycles. The van der Waals surface area contributed by atoms with Crippen molar-refractivity contribution in [1.82, 2.24) is 5.32 Å². The Bertz CT molecular complexity index is 186. The summed E-state index contributed by atoms with van der Waals surface area (Å²) in [5.41, 5.74) is 5.28. The van der Waals surface area contributed by atoms with Crippen LogP contribution in [-0.2, 0) is 9.53 Å². The Morgan fingerprint density at radius 2 is 2.21 bits per heavy atom. The molecule has 14 heavy (non-hydrogen) atoms. The molecule has 5 heteroatoms. The van der Waals surface area contributed by atoms with Crippen molar-refractivity contribution in [2.45, 2.75) is 26.2 Å². The van der Waals surface area contributed by atoms with Crippen molar-refractivity contribution in [3.63, 3.8) is 0 Å². The van der Waals surface area contributed by atoms with Crippen LogP contribution in [0.15, 0.2) is 0 Å². The van der Waals surface area contributed by atoms with E-state index >= 15 is 0 Å². The van der Waals surface area contributed by atoms with Crippen molar-refractivity contribution < 1.29 is 9.53 Å². The van der Waals surface area contributed by atoms with E-state index in [-0.39, 0.29) is 5.91 Å². The molecule has 0 aliphatic carbocycles. The third kappa shape index (κ3) is 9.41. The molecular formula is C9H18N2O2S. The lowest BCUT2D eigenvalue weighted by molar-refractivity contribution is -0.121. The Morgan fingerprint density at radius 1 is 1.50 bits per heavy atom. The van der Waals surface area contributed by atoms with Crippen molar-refractivity contribution in [2.24, 2.45) is 5.73 Å². The van der Waals surface area contributed by atoms with Crippen LogP contribution in [-0.4, -0.2) is 30.7 Å². The van der Waals surface area contributed by atoms with Gasteiger partial charge in [-0.25, -0.2) is 0 Å². The molecule has 0 rings (SSSR count).